The van der Waals surface area contributed by atoms with Crippen LogP contribution in [0.2, 0.25) is 5.02 Å². The minimum Gasteiger partial charge on any atom is -0.395 e. The summed E-state index contributed by atoms with van der Waals surface area (Å²) >= 11 is 6.03. The molecule has 116 valence electrons. The lowest BCUT2D eigenvalue weighted by molar-refractivity contribution is -0.137. The van der Waals surface area contributed by atoms with Crippen LogP contribution < -0.4 is 10.6 Å². The molecule has 1 aliphatic rings. The Balaban J connectivity index is 2.24. The van der Waals surface area contributed by atoms with Crippen LogP contribution in [0, 0.1) is 0 Å². The molecule has 0 fully saturated rings. The number of hydrogen-bond donors (Lipinski definition) is 3. The third kappa shape index (κ3) is 3.10. The number of amides is 3. The first-order valence-electron chi connectivity index (χ1n) is 6.45. The lowest BCUT2D eigenvalue weighted by atomic mass is 10.2. The van der Waals surface area contributed by atoms with E-state index >= 15 is 0 Å². The number of nitrogens with zero attached hydrogens (tertiary/aromatic N) is 1. The van der Waals surface area contributed by atoms with Crippen LogP contribution in [0.25, 0.3) is 0 Å². The molecule has 1 aliphatic heterocycles. The maximum Gasteiger partial charge on any atom is 0.277 e. The van der Waals surface area contributed by atoms with Crippen LogP contribution >= 0.6 is 11.6 Å². The summed E-state index contributed by atoms with van der Waals surface area (Å²) in [5.74, 6) is -1.37. The van der Waals surface area contributed by atoms with E-state index in [9.17, 15) is 14.4 Å². The Morgan fingerprint density at radius 2 is 2.09 bits per heavy atom. The van der Waals surface area contributed by atoms with Crippen molar-refractivity contribution in [1.82, 2.24) is 10.2 Å². The Morgan fingerprint density at radius 3 is 2.73 bits per heavy atom. The summed E-state index contributed by atoms with van der Waals surface area (Å²) in [6, 6.07) is 4.54. The first kappa shape index (κ1) is 16.0. The Bertz CT molecular complexity index is 672. The third-order valence-corrected chi connectivity index (χ3v) is 3.39. The Hall–Kier alpha value is -2.38. The van der Waals surface area contributed by atoms with Gasteiger partial charge in [-0.3, -0.25) is 19.3 Å². The zero-order valence-corrected chi connectivity index (χ0v) is 12.5. The van der Waals surface area contributed by atoms with Crippen molar-refractivity contribution in [3.05, 3.63) is 40.6 Å². The third-order valence-electron chi connectivity index (χ3n) is 3.06. The van der Waals surface area contributed by atoms with Gasteiger partial charge in [0.05, 0.1) is 23.9 Å². The highest BCUT2D eigenvalue weighted by molar-refractivity contribution is 6.33. The number of benzene rings is 1. The van der Waals surface area contributed by atoms with E-state index in [2.05, 4.69) is 10.6 Å². The molecule has 8 heteroatoms. The average Bonchev–Trinajstić information content (AvgIpc) is 2.76. The summed E-state index contributed by atoms with van der Waals surface area (Å²) in [5.41, 5.74) is 0.731. The van der Waals surface area contributed by atoms with Gasteiger partial charge in [-0.15, -0.1) is 0 Å². The van der Waals surface area contributed by atoms with Crippen LogP contribution in [0.4, 0.5) is 5.69 Å². The lowest BCUT2D eigenvalue weighted by Crippen LogP contribution is -2.34. The van der Waals surface area contributed by atoms with Crippen molar-refractivity contribution in [3.63, 3.8) is 0 Å². The second kappa shape index (κ2) is 6.59. The van der Waals surface area contributed by atoms with Gasteiger partial charge in [-0.05, 0) is 18.2 Å². The first-order chi connectivity index (χ1) is 10.5. The van der Waals surface area contributed by atoms with E-state index in [4.69, 9.17) is 16.7 Å². The van der Waals surface area contributed by atoms with Crippen molar-refractivity contribution in [3.8, 4) is 0 Å². The molecule has 0 spiro atoms. The van der Waals surface area contributed by atoms with Crippen molar-refractivity contribution in [2.24, 2.45) is 0 Å². The molecule has 0 saturated carbocycles. The second-order valence-corrected chi connectivity index (χ2v) is 4.88. The molecule has 0 radical (unpaired) electrons. The zero-order chi connectivity index (χ0) is 16.3. The van der Waals surface area contributed by atoms with Crippen LogP contribution in [-0.2, 0) is 9.59 Å². The molecule has 3 amide bonds. The van der Waals surface area contributed by atoms with Gasteiger partial charge in [0.2, 0.25) is 0 Å². The fraction of sp³-hybridized carbons (Fsp3) is 0.214. The number of carbonyl (C=O) groups is 3. The van der Waals surface area contributed by atoms with E-state index in [1.807, 2.05) is 0 Å². The second-order valence-electron chi connectivity index (χ2n) is 4.48. The normalized spacial score (nSPS) is 14.1. The maximum atomic E-state index is 12.0. The molecular formula is C14H14ClN3O4. The molecule has 2 rings (SSSR count). The van der Waals surface area contributed by atoms with Gasteiger partial charge in [-0.1, -0.05) is 11.6 Å². The number of carbonyl (C=O) groups excluding carboxylic acids is 3. The molecular weight excluding hydrogens is 310 g/mol. The predicted octanol–water partition coefficient (Wildman–Crippen LogP) is 0.356. The Labute approximate surface area is 131 Å². The molecule has 0 bridgehead atoms. The highest BCUT2D eigenvalue weighted by Gasteiger charge is 2.30. The smallest absolute Gasteiger partial charge is 0.277 e. The molecule has 0 aromatic heterocycles. The van der Waals surface area contributed by atoms with Gasteiger partial charge in [0.25, 0.3) is 17.7 Å². The topological polar surface area (TPSA) is 98.7 Å². The molecule has 0 unspecified atom stereocenters. The highest BCUT2D eigenvalue weighted by atomic mass is 35.5. The molecule has 3 N–H and O–H groups in total. The van der Waals surface area contributed by atoms with E-state index in [1.165, 1.54) is 19.2 Å². The molecule has 1 aromatic carbocycles. The van der Waals surface area contributed by atoms with Gasteiger partial charge in [-0.25, -0.2) is 0 Å². The van der Waals surface area contributed by atoms with Gasteiger partial charge in [0, 0.05) is 18.7 Å². The predicted molar refractivity (Wildman–Crippen MR) is 80.4 cm³/mol. The average molecular weight is 324 g/mol. The van der Waals surface area contributed by atoms with Crippen LogP contribution in [0.15, 0.2) is 30.0 Å². The summed E-state index contributed by atoms with van der Waals surface area (Å²) in [4.78, 5) is 36.2. The molecule has 0 atom stereocenters. The summed E-state index contributed by atoms with van der Waals surface area (Å²) in [6.45, 7) is -0.392. The van der Waals surface area contributed by atoms with E-state index in [1.54, 1.807) is 6.07 Å². The number of aliphatic hydroxyl groups is 1. The van der Waals surface area contributed by atoms with E-state index in [0.717, 1.165) is 11.0 Å². The molecule has 22 heavy (non-hydrogen) atoms. The van der Waals surface area contributed by atoms with Crippen molar-refractivity contribution >= 4 is 35.0 Å². The minimum atomic E-state index is -0.555. The quantitative estimate of drug-likeness (QED) is 0.679. The van der Waals surface area contributed by atoms with Crippen LogP contribution in [-0.4, -0.2) is 47.9 Å². The maximum absolute atomic E-state index is 12.0. The molecule has 1 heterocycles. The van der Waals surface area contributed by atoms with Crippen LogP contribution in [0.1, 0.15) is 10.4 Å². The van der Waals surface area contributed by atoms with Gasteiger partial charge >= 0.3 is 0 Å². The SMILES string of the molecule is CNC(=O)c1ccc(Cl)c(NC2=CC(=O)N(CCO)C2=O)c1. The fourth-order valence-electron chi connectivity index (χ4n) is 1.96. The van der Waals surface area contributed by atoms with Crippen LogP contribution in [0.3, 0.4) is 0 Å². The number of imide groups is 1. The molecule has 0 saturated heterocycles. The number of nitrogens with one attached hydrogen (secondary N) is 2. The van der Waals surface area contributed by atoms with Crippen LogP contribution in [0.5, 0.6) is 0 Å². The van der Waals surface area contributed by atoms with E-state index in [-0.39, 0.29) is 24.8 Å². The van der Waals surface area contributed by atoms with E-state index in [0.29, 0.717) is 16.3 Å². The Morgan fingerprint density at radius 1 is 1.36 bits per heavy atom. The summed E-state index contributed by atoms with van der Waals surface area (Å²) < 4.78 is 0. The minimum absolute atomic E-state index is 0.0365. The largest absolute Gasteiger partial charge is 0.395 e. The monoisotopic (exact) mass is 323 g/mol. The number of rotatable bonds is 5. The summed E-state index contributed by atoms with van der Waals surface area (Å²) in [6.07, 6.45) is 1.13. The van der Waals surface area contributed by atoms with Gasteiger partial charge in [-0.2, -0.15) is 0 Å². The lowest BCUT2D eigenvalue weighted by Gasteiger charge is -2.14. The highest BCUT2D eigenvalue weighted by Crippen LogP contribution is 2.26. The number of anilines is 1. The van der Waals surface area contributed by atoms with Crippen molar-refractivity contribution in [2.75, 3.05) is 25.5 Å². The van der Waals surface area contributed by atoms with Crippen molar-refractivity contribution in [2.45, 2.75) is 0 Å². The standard InChI is InChI=1S/C14H14ClN3O4/c1-16-13(21)8-2-3-9(15)10(6-8)17-11-7-12(20)18(4-5-19)14(11)22/h2-3,6-7,17,19H,4-5H2,1H3,(H,16,21). The molecule has 7 nitrogen and oxygen atoms in total. The number of aliphatic hydroxyl groups excluding tert-OH is 1. The van der Waals surface area contributed by atoms with Gasteiger partial charge in [0.15, 0.2) is 0 Å². The number of halogens is 1. The zero-order valence-electron chi connectivity index (χ0n) is 11.7. The summed E-state index contributed by atoms with van der Waals surface area (Å²) in [5, 5.41) is 14.4. The van der Waals surface area contributed by atoms with E-state index < -0.39 is 11.8 Å². The van der Waals surface area contributed by atoms with Gasteiger partial charge in [0.1, 0.15) is 5.70 Å². The summed E-state index contributed by atoms with van der Waals surface area (Å²) in [7, 11) is 1.50. The van der Waals surface area contributed by atoms with Crippen molar-refractivity contribution in [1.29, 1.82) is 0 Å². The van der Waals surface area contributed by atoms with Crippen molar-refractivity contribution < 1.29 is 19.5 Å². The first-order valence-corrected chi connectivity index (χ1v) is 6.82. The Kier molecular flexibility index (Phi) is 4.79. The fourth-order valence-corrected chi connectivity index (χ4v) is 2.13. The van der Waals surface area contributed by atoms with Gasteiger partial charge < -0.3 is 15.7 Å². The number of β-amino-alcohol motifs (C(OH)–C–C–N with tert-alkyl or cyclic N) is 1. The molecule has 0 aliphatic carbocycles. The molecule has 1 aromatic rings. The number of hydrogen-bond acceptors (Lipinski definition) is 5.